The Morgan fingerprint density at radius 3 is 1.29 bits per heavy atom. The minimum absolute atomic E-state index is 0. The van der Waals surface area contributed by atoms with E-state index < -0.39 is 0 Å². The van der Waals surface area contributed by atoms with Crippen molar-refractivity contribution < 1.29 is 0 Å². The van der Waals surface area contributed by atoms with Gasteiger partial charge >= 0.3 is 48.0 Å². The summed E-state index contributed by atoms with van der Waals surface area (Å²) in [4.78, 5) is 0. The van der Waals surface area contributed by atoms with E-state index in [0.29, 0.717) is 0 Å². The molecule has 0 nitrogen and oxygen atoms in total. The van der Waals surface area contributed by atoms with Crippen molar-refractivity contribution in [1.29, 1.82) is 0 Å². The van der Waals surface area contributed by atoms with Gasteiger partial charge in [0.1, 0.15) is 0 Å². The topological polar surface area (TPSA) is 0 Å². The molecule has 0 aromatic carbocycles. The summed E-state index contributed by atoms with van der Waals surface area (Å²) in [7, 11) is 0. The second-order valence-electron chi connectivity index (χ2n) is 0.393. The number of halogens is 4. The summed E-state index contributed by atoms with van der Waals surface area (Å²) in [6.07, 6.45) is 0. The van der Waals surface area contributed by atoms with E-state index in [2.05, 4.69) is 38.2 Å². The van der Waals surface area contributed by atoms with Crippen LogP contribution in [0.15, 0.2) is 0 Å². The predicted octanol–water partition coefficient (Wildman–Crippen LogP) is 2.70. The van der Waals surface area contributed by atoms with Crippen LogP contribution in [-0.4, -0.2) is 27.6 Å². The predicted molar refractivity (Wildman–Crippen MR) is 55.3 cm³/mol. The molecule has 0 heterocycles. The van der Waals surface area contributed by atoms with Gasteiger partial charge in [0.2, 0.25) is 0 Å². The van der Waals surface area contributed by atoms with E-state index in [-0.39, 0.29) is 50.9 Å². The first-order valence-electron chi connectivity index (χ1n) is 1.06. The summed E-state index contributed by atoms with van der Waals surface area (Å²) in [5.74, 6) is 0. The van der Waals surface area contributed by atoms with Crippen LogP contribution in [0, 0.1) is 0 Å². The molecule has 5 heteroatoms. The Kier molecular flexibility index (Phi) is 75.3. The summed E-state index contributed by atoms with van der Waals surface area (Å²) in [6, 6.07) is 0. The molecule has 0 atom stereocenters. The Morgan fingerprint density at radius 1 is 1.14 bits per heavy atom. The Morgan fingerprint density at radius 2 is 1.29 bits per heavy atom. The molecule has 0 aromatic heterocycles. The van der Waals surface area contributed by atoms with Crippen LogP contribution in [0.25, 0.3) is 0 Å². The van der Waals surface area contributed by atoms with E-state index in [1.807, 2.05) is 0 Å². The van der Waals surface area contributed by atoms with E-state index in [9.17, 15) is 0 Å². The van der Waals surface area contributed by atoms with Gasteiger partial charge in [-0.3, -0.25) is 0 Å². The Hall–Kier alpha value is 2.71. The molecule has 0 amide bonds. The van der Waals surface area contributed by atoms with E-state index in [0.717, 1.165) is 5.33 Å². The van der Waals surface area contributed by atoms with E-state index in [1.165, 1.54) is 4.47 Å². The van der Waals surface area contributed by atoms with Crippen LogP contribution >= 0.6 is 66.9 Å². The van der Waals surface area contributed by atoms with Crippen molar-refractivity contribution in [1.82, 2.24) is 0 Å². The average molecular weight is 478 g/mol. The Labute approximate surface area is 97.5 Å². The Balaban J connectivity index is -0.0000000150. The van der Waals surface area contributed by atoms with Gasteiger partial charge in [-0.25, -0.2) is 0 Å². The third-order valence-corrected chi connectivity index (χ3v) is 2.69. The van der Waals surface area contributed by atoms with Gasteiger partial charge in [0.15, 0.2) is 0 Å². The second-order valence-corrected chi connectivity index (χ2v) is 2.35. The van der Waals surface area contributed by atoms with Crippen LogP contribution in [0.2, 0.25) is 4.47 Å². The summed E-state index contributed by atoms with van der Waals surface area (Å²) >= 11 is 5.33. The van der Waals surface area contributed by atoms with Crippen LogP contribution in [-0.2, 0) is 0 Å². The average Bonchev–Trinajstić information content (AvgIpc) is 1.37. The first kappa shape index (κ1) is 22.6. The summed E-state index contributed by atoms with van der Waals surface area (Å²) in [5, 5.41) is 1.14. The molecule has 0 aliphatic carbocycles. The fourth-order valence-electron chi connectivity index (χ4n) is 0. The van der Waals surface area contributed by atoms with Gasteiger partial charge in [-0.15, -0.1) is 50.9 Å². The monoisotopic (exact) mass is 477 g/mol. The maximum atomic E-state index is 3.25. The van der Waals surface area contributed by atoms with Gasteiger partial charge in [0, 0.05) is 0 Å². The summed E-state index contributed by atoms with van der Waals surface area (Å²) < 4.78 is 1.25. The molecule has 7 heavy (non-hydrogen) atoms. The quantitative estimate of drug-likeness (QED) is 0.402. The minimum atomic E-state index is 0. The van der Waals surface area contributed by atoms with Crippen molar-refractivity contribution in [2.75, 3.05) is 5.33 Å². The van der Waals surface area contributed by atoms with E-state index in [4.69, 9.17) is 0 Å². The first-order chi connectivity index (χ1) is 1.91. The third-order valence-electron chi connectivity index (χ3n) is 0.0772. The molecule has 0 aliphatic heterocycles. The molecule has 0 rings (SSSR count). The molecule has 0 fully saturated rings. The zero-order valence-electron chi connectivity index (χ0n) is 3.43. The maximum absolute atomic E-state index is 3.25. The van der Waals surface area contributed by atoms with Crippen molar-refractivity contribution in [2.45, 2.75) is 4.47 Å². The molecule has 49 valence electrons. The van der Waals surface area contributed by atoms with Gasteiger partial charge in [-0.1, -0.05) is 0 Å². The van der Waals surface area contributed by atoms with Gasteiger partial charge in [0.25, 0.3) is 0 Å². The fraction of sp³-hybridized carbons (Fsp3) is 1.00. The van der Waals surface area contributed by atoms with Crippen molar-refractivity contribution in [2.24, 2.45) is 0 Å². The van der Waals surface area contributed by atoms with Crippen LogP contribution in [0.3, 0.4) is 0 Å². The number of rotatable bonds is 1. The molecule has 0 bridgehead atoms. The summed E-state index contributed by atoms with van der Waals surface area (Å²) in [6.45, 7) is 0. The SMILES string of the molecule is Br.Br.Br.BrCC[Te]. The van der Waals surface area contributed by atoms with Gasteiger partial charge < -0.3 is 0 Å². The molecule has 0 unspecified atom stereocenters. The van der Waals surface area contributed by atoms with Gasteiger partial charge in [0.05, 0.1) is 0 Å². The standard InChI is InChI=1S/C2H4BrTe.3BrH/c3-1-2-4;;;/h1-2H2;3*1H. The Bertz CT molecular complexity index is 11.7. The van der Waals surface area contributed by atoms with E-state index >= 15 is 0 Å². The van der Waals surface area contributed by atoms with Crippen LogP contribution in [0.4, 0.5) is 0 Å². The van der Waals surface area contributed by atoms with Crippen LogP contribution in [0.1, 0.15) is 0 Å². The normalized spacial score (nSPS) is 4.29. The van der Waals surface area contributed by atoms with Crippen molar-refractivity contribution in [3.05, 3.63) is 0 Å². The molecular formula is C2H7Br4Te. The molecule has 1 radical (unpaired) electrons. The van der Waals surface area contributed by atoms with Crippen molar-refractivity contribution in [3.8, 4) is 0 Å². The van der Waals surface area contributed by atoms with Crippen molar-refractivity contribution >= 4 is 89.2 Å². The van der Waals surface area contributed by atoms with E-state index in [1.54, 1.807) is 0 Å². The molecular weight excluding hydrogens is 471 g/mol. The fourth-order valence-corrected chi connectivity index (χ4v) is 0. The van der Waals surface area contributed by atoms with Gasteiger partial charge in [-0.05, 0) is 0 Å². The second kappa shape index (κ2) is 23.3. The number of hydrogen-bond donors (Lipinski definition) is 0. The molecule has 0 N–H and O–H groups in total. The summed E-state index contributed by atoms with van der Waals surface area (Å²) in [5.41, 5.74) is 0. The third kappa shape index (κ3) is 28.5. The molecule has 0 aromatic rings. The first-order valence-corrected chi connectivity index (χ1v) is 3.83. The molecule has 0 saturated heterocycles. The van der Waals surface area contributed by atoms with Crippen LogP contribution in [0.5, 0.6) is 0 Å². The zero-order chi connectivity index (χ0) is 3.41. The number of hydrogen-bond acceptors (Lipinski definition) is 0. The number of alkyl halides is 1. The van der Waals surface area contributed by atoms with Crippen molar-refractivity contribution in [3.63, 3.8) is 0 Å². The molecule has 0 saturated carbocycles. The van der Waals surface area contributed by atoms with Crippen LogP contribution < -0.4 is 0 Å². The zero-order valence-corrected chi connectivity index (χ0v) is 12.5. The molecule has 0 spiro atoms. The van der Waals surface area contributed by atoms with Gasteiger partial charge in [-0.2, -0.15) is 0 Å². The molecule has 0 aliphatic rings.